The van der Waals surface area contributed by atoms with Crippen LogP contribution in [0.5, 0.6) is 0 Å². The molecule has 382 valence electrons. The molecule has 4 nitrogen and oxygen atoms in total. The third-order valence-corrected chi connectivity index (χ3v) is 17.2. The Bertz CT molecular complexity index is 4580. The second-order valence-corrected chi connectivity index (χ2v) is 21.5. The molecule has 4 heteroatoms. The topological polar surface area (TPSA) is 18.0 Å². The number of hydrogen-bond donors (Lipinski definition) is 0. The van der Waals surface area contributed by atoms with Crippen molar-refractivity contribution >= 4 is 78.1 Å². The SMILES string of the molecule is C=C/C=C(\C=C/C)n1c2ccccc2c2cc(N3/C=C/CC4(c5ccccc5C/C=c5\c(n(-c6ccc7c(c6)c6ccccc6n7-c6ccccc6)c6ccccc56)=C/C4C)c4ccccc4C/C=C/C4=C3CCC=C4)ccc21. The van der Waals surface area contributed by atoms with Crippen LogP contribution in [-0.2, 0) is 18.3 Å². The average molecular weight is 1020 g/mol. The van der Waals surface area contributed by atoms with Crippen LogP contribution in [0.1, 0.15) is 55.4 Å². The third kappa shape index (κ3) is 7.88. The van der Waals surface area contributed by atoms with Gasteiger partial charge in [-0.3, -0.25) is 0 Å². The molecule has 4 heterocycles. The molecule has 14 rings (SSSR count). The van der Waals surface area contributed by atoms with E-state index in [9.17, 15) is 0 Å². The molecule has 0 radical (unpaired) electrons. The molecule has 0 N–H and O–H groups in total. The first-order valence-electron chi connectivity index (χ1n) is 28.1. The summed E-state index contributed by atoms with van der Waals surface area (Å²) in [6, 6.07) is 70.3. The fraction of sp³-hybridized carbons (Fsp3) is 0.120. The van der Waals surface area contributed by atoms with Crippen molar-refractivity contribution in [2.45, 2.75) is 51.4 Å². The van der Waals surface area contributed by atoms with E-state index in [-0.39, 0.29) is 5.92 Å². The third-order valence-electron chi connectivity index (χ3n) is 17.2. The fourth-order valence-electron chi connectivity index (χ4n) is 13.8. The summed E-state index contributed by atoms with van der Waals surface area (Å²) in [4.78, 5) is 2.51. The van der Waals surface area contributed by atoms with Crippen LogP contribution in [0.25, 0.3) is 83.7 Å². The predicted molar refractivity (Wildman–Crippen MR) is 336 cm³/mol. The van der Waals surface area contributed by atoms with Crippen LogP contribution in [0.15, 0.2) is 267 Å². The number of benzene rings is 8. The zero-order chi connectivity index (χ0) is 53.0. The highest BCUT2D eigenvalue weighted by atomic mass is 15.1. The van der Waals surface area contributed by atoms with E-state index in [4.69, 9.17) is 0 Å². The lowest BCUT2D eigenvalue weighted by Crippen LogP contribution is -2.38. The Hall–Kier alpha value is -9.38. The molecule has 3 aliphatic rings. The van der Waals surface area contributed by atoms with Crippen molar-refractivity contribution in [3.8, 4) is 11.4 Å². The molecule has 1 aliphatic heterocycles. The van der Waals surface area contributed by atoms with Crippen molar-refractivity contribution < 1.29 is 0 Å². The van der Waals surface area contributed by atoms with Crippen LogP contribution in [0.2, 0.25) is 0 Å². The van der Waals surface area contributed by atoms with Crippen LogP contribution >= 0.6 is 0 Å². The smallest absolute Gasteiger partial charge is 0.0542 e. The molecule has 3 aromatic heterocycles. The fourth-order valence-corrected chi connectivity index (χ4v) is 13.8. The van der Waals surface area contributed by atoms with Crippen LogP contribution in [0.3, 0.4) is 0 Å². The molecular formula is C75H62N4. The van der Waals surface area contributed by atoms with Gasteiger partial charge in [-0.25, -0.2) is 0 Å². The number of hydrogen-bond acceptors (Lipinski definition) is 1. The highest BCUT2D eigenvalue weighted by Crippen LogP contribution is 2.48. The van der Waals surface area contributed by atoms with E-state index in [1.54, 1.807) is 0 Å². The summed E-state index contributed by atoms with van der Waals surface area (Å²) in [6.45, 7) is 8.66. The molecule has 2 atom stereocenters. The first kappa shape index (κ1) is 48.0. The van der Waals surface area contributed by atoms with Crippen LogP contribution in [0.4, 0.5) is 5.69 Å². The maximum absolute atomic E-state index is 4.09. The lowest BCUT2D eigenvalue weighted by Gasteiger charge is -2.41. The van der Waals surface area contributed by atoms with Gasteiger partial charge in [0.25, 0.3) is 0 Å². The molecule has 11 aromatic rings. The van der Waals surface area contributed by atoms with Gasteiger partial charge in [-0.2, -0.15) is 0 Å². The zero-order valence-electron chi connectivity index (χ0n) is 44.9. The summed E-state index contributed by atoms with van der Waals surface area (Å²) in [5.41, 5.74) is 18.1. The van der Waals surface area contributed by atoms with Crippen LogP contribution < -0.4 is 15.5 Å². The molecule has 0 bridgehead atoms. The number of rotatable bonds is 6. The zero-order valence-corrected chi connectivity index (χ0v) is 44.9. The Morgan fingerprint density at radius 1 is 0.557 bits per heavy atom. The Balaban J connectivity index is 0.990. The molecule has 1 spiro atoms. The standard InChI is InChI=1S/C75H62N4/c1-4-23-56(24-5-2)77-70-39-19-13-33-61(70)64-50-58(42-45-72(64)77)76-48-22-47-75(66-35-15-9-25-53(66)28-21-29-55-27-11-17-37-68(55)76)52(3)49-74-63(44-41-54-26-10-16-36-67(54)75)60-32-12-18-38-69(60)79(74)59-43-46-73-65(51-59)62-34-14-20-40-71(62)78(73)57-30-7-6-8-31-57/h4-16,18-27,29-36,38-40,42-46,48-52H,1,17,28,37,41,47H2,2-3H3/b24-5-,29-21+,48-22+,56-23+,63-44-,74-49+. The van der Waals surface area contributed by atoms with Crippen molar-refractivity contribution in [1.29, 1.82) is 0 Å². The Morgan fingerprint density at radius 3 is 1.92 bits per heavy atom. The molecule has 79 heavy (non-hydrogen) atoms. The number of anilines is 1. The lowest BCUT2D eigenvalue weighted by atomic mass is 9.61. The minimum atomic E-state index is -0.464. The maximum Gasteiger partial charge on any atom is 0.0542 e. The van der Waals surface area contributed by atoms with E-state index in [0.29, 0.717) is 0 Å². The van der Waals surface area contributed by atoms with Gasteiger partial charge in [0.1, 0.15) is 0 Å². The van der Waals surface area contributed by atoms with Crippen LogP contribution in [-0.4, -0.2) is 13.7 Å². The first-order chi connectivity index (χ1) is 39.0. The van der Waals surface area contributed by atoms with Crippen molar-refractivity contribution in [3.63, 3.8) is 0 Å². The summed E-state index contributed by atoms with van der Waals surface area (Å²) >= 11 is 0. The Morgan fingerprint density at radius 2 is 1.15 bits per heavy atom. The van der Waals surface area contributed by atoms with Crippen molar-refractivity contribution in [1.82, 2.24) is 13.7 Å². The monoisotopic (exact) mass is 1020 g/mol. The van der Waals surface area contributed by atoms with Gasteiger partial charge in [-0.05, 0) is 152 Å². The normalized spacial score (nSPS) is 19.4. The average Bonchev–Trinajstić information content (AvgIpc) is 4.27. The van der Waals surface area contributed by atoms with E-state index in [1.807, 2.05) is 6.08 Å². The van der Waals surface area contributed by atoms with Crippen molar-refractivity contribution in [2.24, 2.45) is 5.92 Å². The number of fused-ring (bicyclic) bond motifs is 13. The first-order valence-corrected chi connectivity index (χ1v) is 28.1. The molecule has 0 amide bonds. The highest BCUT2D eigenvalue weighted by Gasteiger charge is 2.41. The number of allylic oxidation sites excluding steroid dienone is 12. The number of aromatic nitrogens is 3. The number of nitrogens with zero attached hydrogens (tertiary/aromatic N) is 4. The Kier molecular flexibility index (Phi) is 12.1. The molecule has 8 aromatic carbocycles. The minimum absolute atomic E-state index is 0.0294. The molecule has 0 saturated heterocycles. The van der Waals surface area contributed by atoms with E-state index in [1.165, 1.54) is 98.6 Å². The molecule has 0 fully saturated rings. The maximum atomic E-state index is 4.09. The minimum Gasteiger partial charge on any atom is -0.321 e. The van der Waals surface area contributed by atoms with E-state index >= 15 is 0 Å². The predicted octanol–water partition coefficient (Wildman–Crippen LogP) is 17.3. The van der Waals surface area contributed by atoms with Gasteiger partial charge in [0.15, 0.2) is 0 Å². The van der Waals surface area contributed by atoms with Gasteiger partial charge in [-0.15, -0.1) is 0 Å². The molecular weight excluding hydrogens is 957 g/mol. The number of para-hydroxylation sites is 4. The van der Waals surface area contributed by atoms with Crippen LogP contribution in [0, 0.1) is 5.92 Å². The van der Waals surface area contributed by atoms with E-state index in [2.05, 4.69) is 294 Å². The van der Waals surface area contributed by atoms with Gasteiger partial charge in [0.05, 0.1) is 32.9 Å². The van der Waals surface area contributed by atoms with Gasteiger partial charge < -0.3 is 18.6 Å². The summed E-state index contributed by atoms with van der Waals surface area (Å²) < 4.78 is 7.34. The summed E-state index contributed by atoms with van der Waals surface area (Å²) in [5, 5.41) is 8.71. The van der Waals surface area contributed by atoms with Gasteiger partial charge in [-0.1, -0.05) is 190 Å². The summed E-state index contributed by atoms with van der Waals surface area (Å²) in [7, 11) is 0. The molecule has 2 aliphatic carbocycles. The second-order valence-electron chi connectivity index (χ2n) is 21.5. The van der Waals surface area contributed by atoms with Crippen molar-refractivity contribution in [2.75, 3.05) is 4.90 Å². The molecule has 0 saturated carbocycles. The van der Waals surface area contributed by atoms with Gasteiger partial charge >= 0.3 is 0 Å². The lowest BCUT2D eigenvalue weighted by molar-refractivity contribution is 0.421. The molecule has 2 unspecified atom stereocenters. The van der Waals surface area contributed by atoms with E-state index < -0.39 is 5.41 Å². The van der Waals surface area contributed by atoms with Gasteiger partial charge in [0, 0.05) is 72.2 Å². The highest BCUT2D eigenvalue weighted by molar-refractivity contribution is 6.12. The van der Waals surface area contributed by atoms with Gasteiger partial charge in [0.2, 0.25) is 0 Å². The second kappa shape index (κ2) is 19.9. The van der Waals surface area contributed by atoms with Crippen molar-refractivity contribution in [3.05, 3.63) is 300 Å². The Labute approximate surface area is 462 Å². The van der Waals surface area contributed by atoms with E-state index in [0.717, 1.165) is 54.9 Å². The quantitative estimate of drug-likeness (QED) is 0.152. The summed E-state index contributed by atoms with van der Waals surface area (Å²) in [5.74, 6) is 0.0294. The largest absolute Gasteiger partial charge is 0.321 e. The summed E-state index contributed by atoms with van der Waals surface area (Å²) in [6.07, 6.45) is 32.1.